The van der Waals surface area contributed by atoms with E-state index in [1.807, 2.05) is 24.3 Å². The van der Waals surface area contributed by atoms with Gasteiger partial charge in [0.2, 0.25) is 5.75 Å². The van der Waals surface area contributed by atoms with Gasteiger partial charge >= 0.3 is 10.4 Å². The summed E-state index contributed by atoms with van der Waals surface area (Å²) in [6.45, 7) is 0.511. The highest BCUT2D eigenvalue weighted by Crippen LogP contribution is 2.37. The minimum absolute atomic E-state index is 0.511. The van der Waals surface area contributed by atoms with Crippen LogP contribution in [0.4, 0.5) is 0 Å². The molecule has 0 saturated carbocycles. The monoisotopic (exact) mass is 531 g/mol. The molecule has 9 heteroatoms. The van der Waals surface area contributed by atoms with Crippen LogP contribution in [0.2, 0.25) is 0 Å². The van der Waals surface area contributed by atoms with Gasteiger partial charge in [0.25, 0.3) is 5.69 Å². The highest BCUT2D eigenvalue weighted by Gasteiger charge is 2.30. The fourth-order valence-electron chi connectivity index (χ4n) is 3.41. The lowest BCUT2D eigenvalue weighted by atomic mass is 10.1. The third kappa shape index (κ3) is 6.75. The van der Waals surface area contributed by atoms with Crippen molar-refractivity contribution in [3.63, 3.8) is 0 Å². The van der Waals surface area contributed by atoms with E-state index in [9.17, 15) is 0 Å². The Balaban J connectivity index is 0.000000555. The summed E-state index contributed by atoms with van der Waals surface area (Å²) in [5.41, 5.74) is 5.54. The van der Waals surface area contributed by atoms with Crippen LogP contribution in [0.25, 0.3) is 22.5 Å². The normalized spacial score (nSPS) is 10.9. The van der Waals surface area contributed by atoms with Crippen LogP contribution in [0.3, 0.4) is 0 Å². The van der Waals surface area contributed by atoms with Crippen LogP contribution in [0, 0.1) is 0 Å². The third-order valence-corrected chi connectivity index (χ3v) is 5.45. The summed E-state index contributed by atoms with van der Waals surface area (Å²) in [6, 6.07) is 29.0. The number of hydrogen-bond acceptors (Lipinski definition) is 3. The lowest BCUT2D eigenvalue weighted by Gasteiger charge is -2.08. The van der Waals surface area contributed by atoms with Crippen molar-refractivity contribution in [2.75, 3.05) is 0 Å². The molecule has 0 amide bonds. The quantitative estimate of drug-likeness (QED) is 0.283. The second kappa shape index (κ2) is 10.8. The van der Waals surface area contributed by atoms with Gasteiger partial charge in [0.15, 0.2) is 12.7 Å². The van der Waals surface area contributed by atoms with Crippen LogP contribution >= 0.6 is 15.9 Å². The van der Waals surface area contributed by atoms with E-state index in [0.29, 0.717) is 6.61 Å². The first kappa shape index (κ1) is 24.7. The van der Waals surface area contributed by atoms with Crippen LogP contribution in [0.5, 0.6) is 5.75 Å². The Labute approximate surface area is 201 Å². The van der Waals surface area contributed by atoms with Gasteiger partial charge < -0.3 is 4.74 Å². The molecule has 0 aliphatic heterocycles. The van der Waals surface area contributed by atoms with E-state index in [0.717, 1.165) is 38.3 Å². The molecule has 2 N–H and O–H groups in total. The SMILES string of the molecule is Cn1c(-c2ccccc2)c(OCc2ccc(Br)cc2)c(-c2ccccc2)[n+]1C.O=S(=O)(O)O. The molecule has 3 aromatic carbocycles. The molecule has 0 atom stereocenters. The molecule has 0 aliphatic rings. The first-order valence-electron chi connectivity index (χ1n) is 9.92. The van der Waals surface area contributed by atoms with Gasteiger partial charge in [-0.05, 0) is 29.8 Å². The Morgan fingerprint density at radius 2 is 1.36 bits per heavy atom. The first-order chi connectivity index (χ1) is 15.6. The predicted octanol–water partition coefficient (Wildman–Crippen LogP) is 4.87. The van der Waals surface area contributed by atoms with Gasteiger partial charge in [0, 0.05) is 10.0 Å². The maximum atomic E-state index is 8.74. The molecule has 0 fully saturated rings. The number of halogens is 1. The molecule has 4 aromatic rings. The Kier molecular flexibility index (Phi) is 8.04. The third-order valence-electron chi connectivity index (χ3n) is 4.92. The zero-order valence-corrected chi connectivity index (χ0v) is 20.5. The zero-order chi connectivity index (χ0) is 24.0. The standard InChI is InChI=1S/C24H22BrN2O.H2O4S/c1-26-22(19-9-5-3-6-10-19)24(28-17-18-13-15-21(25)16-14-18)23(27(26)2)20-11-7-4-8-12-20;1-5(2,3)4/h3-16H,17H2,1-2H3;(H2,1,2,3,4)/q+1;. The van der Waals surface area contributed by atoms with Crippen molar-refractivity contribution < 1.29 is 26.9 Å². The van der Waals surface area contributed by atoms with Crippen LogP contribution in [0.1, 0.15) is 5.56 Å². The van der Waals surface area contributed by atoms with E-state index < -0.39 is 10.4 Å². The smallest absolute Gasteiger partial charge is 0.394 e. The van der Waals surface area contributed by atoms with Crippen molar-refractivity contribution in [3.05, 3.63) is 95.0 Å². The van der Waals surface area contributed by atoms with Crippen LogP contribution in [-0.2, 0) is 31.1 Å². The molecule has 1 heterocycles. The van der Waals surface area contributed by atoms with Gasteiger partial charge in [-0.2, -0.15) is 13.1 Å². The van der Waals surface area contributed by atoms with E-state index in [-0.39, 0.29) is 0 Å². The van der Waals surface area contributed by atoms with Crippen molar-refractivity contribution >= 4 is 26.3 Å². The molecule has 0 saturated heterocycles. The van der Waals surface area contributed by atoms with Crippen molar-refractivity contribution in [1.82, 2.24) is 4.68 Å². The maximum absolute atomic E-state index is 8.74. The van der Waals surface area contributed by atoms with Gasteiger partial charge in [0.1, 0.15) is 6.61 Å². The number of rotatable bonds is 5. The largest absolute Gasteiger partial charge is 0.480 e. The summed E-state index contributed by atoms with van der Waals surface area (Å²) in [5.74, 6) is 0.894. The molecule has 7 nitrogen and oxygen atoms in total. The predicted molar refractivity (Wildman–Crippen MR) is 130 cm³/mol. The second-order valence-corrected chi connectivity index (χ2v) is 8.98. The summed E-state index contributed by atoms with van der Waals surface area (Å²) in [6.07, 6.45) is 0. The molecule has 0 unspecified atom stereocenters. The molecule has 172 valence electrons. The highest BCUT2D eigenvalue weighted by molar-refractivity contribution is 9.10. The molecular formula is C24H24BrN2O5S+. The fraction of sp³-hybridized carbons (Fsp3) is 0.125. The Hall–Kier alpha value is -2.98. The summed E-state index contributed by atoms with van der Waals surface area (Å²) >= 11 is 3.49. The average molecular weight is 532 g/mol. The topological polar surface area (TPSA) is 92.6 Å². The number of hydrogen-bond donors (Lipinski definition) is 2. The minimum atomic E-state index is -4.67. The van der Waals surface area contributed by atoms with Crippen LogP contribution in [0.15, 0.2) is 89.4 Å². The van der Waals surface area contributed by atoms with Crippen molar-refractivity contribution in [3.8, 4) is 28.3 Å². The molecule has 33 heavy (non-hydrogen) atoms. The van der Waals surface area contributed by atoms with Crippen molar-refractivity contribution in [1.29, 1.82) is 0 Å². The Morgan fingerprint density at radius 3 is 1.88 bits per heavy atom. The molecule has 4 rings (SSSR count). The summed E-state index contributed by atoms with van der Waals surface area (Å²) in [4.78, 5) is 0. The number of aromatic nitrogens is 2. The van der Waals surface area contributed by atoms with Gasteiger partial charge in [-0.1, -0.05) is 76.6 Å². The Bertz CT molecular complexity index is 1240. The van der Waals surface area contributed by atoms with E-state index in [1.54, 1.807) is 0 Å². The molecule has 0 aliphatic carbocycles. The summed E-state index contributed by atoms with van der Waals surface area (Å²) in [7, 11) is -0.525. The lowest BCUT2D eigenvalue weighted by molar-refractivity contribution is -0.740. The van der Waals surface area contributed by atoms with Crippen LogP contribution in [-0.4, -0.2) is 22.2 Å². The Morgan fingerprint density at radius 1 is 0.879 bits per heavy atom. The highest BCUT2D eigenvalue weighted by atomic mass is 79.9. The number of benzene rings is 3. The van der Waals surface area contributed by atoms with Gasteiger partial charge in [-0.15, -0.1) is 4.68 Å². The summed E-state index contributed by atoms with van der Waals surface area (Å²) in [5, 5.41) is 0. The molecule has 0 spiro atoms. The fourth-order valence-corrected chi connectivity index (χ4v) is 3.67. The van der Waals surface area contributed by atoms with E-state index >= 15 is 0 Å². The minimum Gasteiger partial charge on any atom is -0.480 e. The van der Waals surface area contributed by atoms with Crippen LogP contribution < -0.4 is 9.42 Å². The van der Waals surface area contributed by atoms with E-state index in [2.05, 4.69) is 100 Å². The number of ether oxygens (including phenoxy) is 1. The molecule has 1 aromatic heterocycles. The van der Waals surface area contributed by atoms with E-state index in [4.69, 9.17) is 22.3 Å². The van der Waals surface area contributed by atoms with E-state index in [1.165, 1.54) is 0 Å². The van der Waals surface area contributed by atoms with Crippen molar-refractivity contribution in [2.24, 2.45) is 14.1 Å². The molecule has 0 bridgehead atoms. The second-order valence-electron chi connectivity index (χ2n) is 7.17. The van der Waals surface area contributed by atoms with Gasteiger partial charge in [-0.25, -0.2) is 0 Å². The summed E-state index contributed by atoms with van der Waals surface area (Å²) < 4.78 is 43.4. The zero-order valence-electron chi connectivity index (χ0n) is 18.1. The lowest BCUT2D eigenvalue weighted by Crippen LogP contribution is -2.39. The van der Waals surface area contributed by atoms with Gasteiger partial charge in [0.05, 0.1) is 12.6 Å². The first-order valence-corrected chi connectivity index (χ1v) is 12.1. The van der Waals surface area contributed by atoms with Gasteiger partial charge in [-0.3, -0.25) is 9.11 Å². The van der Waals surface area contributed by atoms with Crippen molar-refractivity contribution in [2.45, 2.75) is 6.61 Å². The average Bonchev–Trinajstić information content (AvgIpc) is 3.03. The molecular weight excluding hydrogens is 508 g/mol. The number of nitrogens with zero attached hydrogens (tertiary/aromatic N) is 2. The molecule has 0 radical (unpaired) electrons. The maximum Gasteiger partial charge on any atom is 0.394 e.